The van der Waals surface area contributed by atoms with Crippen molar-refractivity contribution in [3.63, 3.8) is 0 Å². The molecule has 0 bridgehead atoms. The molecule has 1 aromatic heterocycles. The third-order valence-corrected chi connectivity index (χ3v) is 6.78. The van der Waals surface area contributed by atoms with Crippen LogP contribution in [-0.4, -0.2) is 56.1 Å². The average molecular weight is 485 g/mol. The number of benzene rings is 1. The summed E-state index contributed by atoms with van der Waals surface area (Å²) in [4.78, 5) is 23.7. The zero-order chi connectivity index (χ0) is 22.3. The lowest BCUT2D eigenvalue weighted by atomic mass is 9.94. The molecule has 1 N–H and O–H groups in total. The molecule has 8 nitrogen and oxygen atoms in total. The quantitative estimate of drug-likeness (QED) is 0.654. The molecule has 4 rings (SSSR count). The number of fused-ring (bicyclic) bond motifs is 1. The summed E-state index contributed by atoms with van der Waals surface area (Å²) in [6.07, 6.45) is 2.96. The van der Waals surface area contributed by atoms with Crippen LogP contribution >= 0.6 is 22.9 Å². The first-order chi connectivity index (χ1) is 14.7. The van der Waals surface area contributed by atoms with Gasteiger partial charge in [0.2, 0.25) is 10.0 Å². The average Bonchev–Trinajstić information content (AvgIpc) is 3.34. The van der Waals surface area contributed by atoms with Gasteiger partial charge in [-0.3, -0.25) is 4.99 Å². The number of sulfonamides is 1. The van der Waals surface area contributed by atoms with Crippen LogP contribution in [0.15, 0.2) is 46.0 Å². The van der Waals surface area contributed by atoms with Gasteiger partial charge in [0.25, 0.3) is 0 Å². The fraction of sp³-hybridized carbons (Fsp3) is 0.316. The van der Waals surface area contributed by atoms with Gasteiger partial charge in [0.05, 0.1) is 18.9 Å². The highest BCUT2D eigenvalue weighted by Crippen LogP contribution is 2.42. The van der Waals surface area contributed by atoms with E-state index in [1.165, 1.54) is 30.6 Å². The van der Waals surface area contributed by atoms with E-state index in [4.69, 9.17) is 21.3 Å². The van der Waals surface area contributed by atoms with Crippen LogP contribution in [0.2, 0.25) is 5.02 Å². The number of nitrogens with zero attached hydrogens (tertiary/aromatic N) is 3. The Morgan fingerprint density at radius 1 is 1.42 bits per heavy atom. The predicted molar refractivity (Wildman–Crippen MR) is 115 cm³/mol. The summed E-state index contributed by atoms with van der Waals surface area (Å²) in [5.41, 5.74) is 1.23. The summed E-state index contributed by atoms with van der Waals surface area (Å²) < 4.78 is 44.9. The SMILES string of the molecule is COC(=O)C1=C2C[C@@H](NS(C)(=O)=O)CN2C(c2nccs2)=N[C@H]1c1ccc(F)cc1Cl. The second-order valence-electron chi connectivity index (χ2n) is 7.11. The van der Waals surface area contributed by atoms with Crippen molar-refractivity contribution in [1.29, 1.82) is 0 Å². The van der Waals surface area contributed by atoms with Crippen molar-refractivity contribution in [3.8, 4) is 0 Å². The Balaban J connectivity index is 1.89. The van der Waals surface area contributed by atoms with E-state index in [2.05, 4.69) is 9.71 Å². The first kappa shape index (κ1) is 21.9. The maximum atomic E-state index is 13.7. The van der Waals surface area contributed by atoms with Crippen LogP contribution in [0.25, 0.3) is 0 Å². The Morgan fingerprint density at radius 2 is 2.19 bits per heavy atom. The molecule has 0 radical (unpaired) electrons. The second kappa shape index (κ2) is 8.30. The monoisotopic (exact) mass is 484 g/mol. The summed E-state index contributed by atoms with van der Waals surface area (Å²) in [7, 11) is -2.22. The molecule has 0 saturated carbocycles. The lowest BCUT2D eigenvalue weighted by Crippen LogP contribution is -2.39. The van der Waals surface area contributed by atoms with Crippen LogP contribution in [0, 0.1) is 5.82 Å². The highest BCUT2D eigenvalue weighted by Gasteiger charge is 2.43. The lowest BCUT2D eigenvalue weighted by Gasteiger charge is -2.31. The van der Waals surface area contributed by atoms with Crippen LogP contribution < -0.4 is 4.72 Å². The topological polar surface area (TPSA) is 101 Å². The zero-order valence-corrected chi connectivity index (χ0v) is 18.9. The maximum Gasteiger partial charge on any atom is 0.338 e. The van der Waals surface area contributed by atoms with Gasteiger partial charge in [-0.05, 0) is 12.1 Å². The number of halogens is 2. The highest BCUT2D eigenvalue weighted by atomic mass is 35.5. The van der Waals surface area contributed by atoms with Gasteiger partial charge in [0.15, 0.2) is 10.8 Å². The van der Waals surface area contributed by atoms with Crippen LogP contribution in [0.1, 0.15) is 23.0 Å². The number of methoxy groups -OCH3 is 1. The van der Waals surface area contributed by atoms with E-state index in [1.807, 2.05) is 0 Å². The Morgan fingerprint density at radius 3 is 2.81 bits per heavy atom. The molecule has 1 aromatic carbocycles. The Bertz CT molecular complexity index is 1200. The summed E-state index contributed by atoms with van der Waals surface area (Å²) >= 11 is 7.66. The van der Waals surface area contributed by atoms with Crippen molar-refractivity contribution >= 4 is 44.8 Å². The molecule has 1 saturated heterocycles. The summed E-state index contributed by atoms with van der Waals surface area (Å²) in [5.74, 6) is -0.644. The minimum absolute atomic E-state index is 0.117. The Labute approximate surface area is 187 Å². The van der Waals surface area contributed by atoms with Gasteiger partial charge in [0, 0.05) is 46.9 Å². The molecule has 3 heterocycles. The van der Waals surface area contributed by atoms with E-state index in [9.17, 15) is 17.6 Å². The van der Waals surface area contributed by atoms with E-state index < -0.39 is 33.9 Å². The first-order valence-electron chi connectivity index (χ1n) is 9.16. The number of thiazole rings is 1. The normalized spacial score (nSPS) is 21.2. The third kappa shape index (κ3) is 4.36. The number of hydrogen-bond donors (Lipinski definition) is 1. The summed E-state index contributed by atoms with van der Waals surface area (Å²) in [5, 5.41) is 2.51. The van der Waals surface area contributed by atoms with Crippen molar-refractivity contribution in [1.82, 2.24) is 14.6 Å². The molecule has 164 valence electrons. The number of aromatic nitrogens is 1. The van der Waals surface area contributed by atoms with E-state index in [0.29, 0.717) is 22.1 Å². The molecule has 2 atom stereocenters. The Kier molecular flexibility index (Phi) is 5.86. The number of ether oxygens (including phenoxy) is 1. The standard InChI is InChI=1S/C19H18ClFN4O4S2/c1-29-19(26)15-14-8-11(24-31(2,27)28)9-25(14)17(18-22-5-6-30-18)23-16(15)12-4-3-10(21)7-13(12)20/h3-7,11,16,24H,8-9H2,1-2H3/t11-,16+/m1/s1. The predicted octanol–water partition coefficient (Wildman–Crippen LogP) is 2.49. The molecule has 31 heavy (non-hydrogen) atoms. The minimum atomic E-state index is -3.47. The largest absolute Gasteiger partial charge is 0.466 e. The van der Waals surface area contributed by atoms with Crippen LogP contribution in [0.5, 0.6) is 0 Å². The van der Waals surface area contributed by atoms with Gasteiger partial charge in [0.1, 0.15) is 11.9 Å². The van der Waals surface area contributed by atoms with E-state index in [0.717, 1.165) is 12.3 Å². The lowest BCUT2D eigenvalue weighted by molar-refractivity contribution is -0.136. The van der Waals surface area contributed by atoms with E-state index in [1.54, 1.807) is 16.5 Å². The molecule has 0 spiro atoms. The number of amidine groups is 1. The van der Waals surface area contributed by atoms with Gasteiger partial charge in [-0.25, -0.2) is 27.3 Å². The summed E-state index contributed by atoms with van der Waals surface area (Å²) in [6, 6.07) is 2.55. The van der Waals surface area contributed by atoms with Crippen molar-refractivity contribution in [2.45, 2.75) is 18.5 Å². The van der Waals surface area contributed by atoms with Gasteiger partial charge in [-0.2, -0.15) is 0 Å². The molecule has 2 aliphatic heterocycles. The number of hydrogen-bond acceptors (Lipinski definition) is 8. The van der Waals surface area contributed by atoms with Gasteiger partial charge in [-0.15, -0.1) is 11.3 Å². The fourth-order valence-electron chi connectivity index (χ4n) is 3.80. The minimum Gasteiger partial charge on any atom is -0.466 e. The van der Waals surface area contributed by atoms with Crippen molar-refractivity contribution < 1.29 is 22.3 Å². The highest BCUT2D eigenvalue weighted by molar-refractivity contribution is 7.88. The number of nitrogens with one attached hydrogen (secondary N) is 1. The van der Waals surface area contributed by atoms with Crippen molar-refractivity contribution in [3.05, 3.63) is 62.5 Å². The molecule has 0 unspecified atom stereocenters. The van der Waals surface area contributed by atoms with Crippen LogP contribution in [0.3, 0.4) is 0 Å². The van der Waals surface area contributed by atoms with E-state index in [-0.39, 0.29) is 23.6 Å². The molecule has 12 heteroatoms. The molecular formula is C19H18ClFN4O4S2. The molecule has 0 amide bonds. The third-order valence-electron chi connectivity index (χ3n) is 4.93. The zero-order valence-electron chi connectivity index (χ0n) is 16.5. The number of esters is 1. The van der Waals surface area contributed by atoms with Crippen molar-refractivity contribution in [2.75, 3.05) is 19.9 Å². The van der Waals surface area contributed by atoms with E-state index >= 15 is 0 Å². The molecular weight excluding hydrogens is 467 g/mol. The first-order valence-corrected chi connectivity index (χ1v) is 12.3. The molecule has 2 aromatic rings. The Hall–Kier alpha value is -2.34. The number of aliphatic imine (C=N–C) groups is 1. The molecule has 2 aliphatic rings. The molecule has 0 aliphatic carbocycles. The van der Waals surface area contributed by atoms with Crippen LogP contribution in [0.4, 0.5) is 4.39 Å². The van der Waals surface area contributed by atoms with Gasteiger partial charge in [-0.1, -0.05) is 17.7 Å². The smallest absolute Gasteiger partial charge is 0.338 e. The number of carbonyl (C=O) groups is 1. The van der Waals surface area contributed by atoms with Crippen molar-refractivity contribution in [2.24, 2.45) is 4.99 Å². The van der Waals surface area contributed by atoms with Gasteiger partial charge >= 0.3 is 5.97 Å². The number of rotatable bonds is 5. The molecule has 1 fully saturated rings. The van der Waals surface area contributed by atoms with Crippen LogP contribution in [-0.2, 0) is 19.6 Å². The fourth-order valence-corrected chi connectivity index (χ4v) is 5.47. The number of carbonyl (C=O) groups excluding carboxylic acids is 1. The summed E-state index contributed by atoms with van der Waals surface area (Å²) in [6.45, 7) is 0.269. The van der Waals surface area contributed by atoms with Gasteiger partial charge < -0.3 is 9.64 Å². The second-order valence-corrected chi connectivity index (χ2v) is 10.2. The maximum absolute atomic E-state index is 13.7.